The summed E-state index contributed by atoms with van der Waals surface area (Å²) in [4.78, 5) is 35.8. The molecule has 0 saturated heterocycles. The third-order valence-corrected chi connectivity index (χ3v) is 6.32. The fourth-order valence-electron chi connectivity index (χ4n) is 2.70. The second kappa shape index (κ2) is 9.18. The SMILES string of the molecule is O=C(Cc1cc(=O)[nH]c(SCc2cccc(Cl)c2)n1)Nc1nc2ccc(Cl)cc2s1. The van der Waals surface area contributed by atoms with Gasteiger partial charge in [0.2, 0.25) is 5.91 Å². The Morgan fingerprint density at radius 2 is 1.93 bits per heavy atom. The minimum atomic E-state index is -0.309. The molecule has 1 amide bonds. The van der Waals surface area contributed by atoms with Crippen LogP contribution >= 0.6 is 46.3 Å². The van der Waals surface area contributed by atoms with Crippen molar-refractivity contribution in [3.63, 3.8) is 0 Å². The maximum atomic E-state index is 12.4. The van der Waals surface area contributed by atoms with Crippen LogP contribution in [0.3, 0.4) is 0 Å². The van der Waals surface area contributed by atoms with Crippen molar-refractivity contribution < 1.29 is 4.79 Å². The number of rotatable bonds is 6. The quantitative estimate of drug-likeness (QED) is 0.296. The van der Waals surface area contributed by atoms with Gasteiger partial charge in [-0.05, 0) is 35.9 Å². The summed E-state index contributed by atoms with van der Waals surface area (Å²) in [5.41, 5.74) is 1.84. The number of hydrogen-bond donors (Lipinski definition) is 2. The van der Waals surface area contributed by atoms with Crippen molar-refractivity contribution in [2.75, 3.05) is 5.32 Å². The zero-order valence-corrected chi connectivity index (χ0v) is 18.5. The van der Waals surface area contributed by atoms with Crippen molar-refractivity contribution in [1.29, 1.82) is 0 Å². The minimum absolute atomic E-state index is 0.0364. The Hall–Kier alpha value is -2.39. The molecule has 2 N–H and O–H groups in total. The average Bonchev–Trinajstić information content (AvgIpc) is 3.07. The molecule has 0 unspecified atom stereocenters. The first-order valence-corrected chi connectivity index (χ1v) is 11.3. The number of H-pyrrole nitrogens is 1. The Morgan fingerprint density at radius 1 is 1.10 bits per heavy atom. The van der Waals surface area contributed by atoms with Crippen molar-refractivity contribution in [2.24, 2.45) is 0 Å². The number of carbonyl (C=O) groups excluding carboxylic acids is 1. The maximum absolute atomic E-state index is 12.4. The third-order valence-electron chi connectivity index (χ3n) is 3.98. The molecule has 0 radical (unpaired) electrons. The fraction of sp³-hybridized carbons (Fsp3) is 0.100. The van der Waals surface area contributed by atoms with E-state index >= 15 is 0 Å². The topological polar surface area (TPSA) is 87.7 Å². The number of aromatic nitrogens is 3. The van der Waals surface area contributed by atoms with E-state index < -0.39 is 0 Å². The van der Waals surface area contributed by atoms with E-state index in [1.54, 1.807) is 24.3 Å². The monoisotopic (exact) mass is 476 g/mol. The number of nitrogens with one attached hydrogen (secondary N) is 2. The summed E-state index contributed by atoms with van der Waals surface area (Å²) in [6.45, 7) is 0. The van der Waals surface area contributed by atoms with E-state index in [-0.39, 0.29) is 17.9 Å². The Bertz CT molecular complexity index is 1290. The van der Waals surface area contributed by atoms with Gasteiger partial charge in [-0.15, -0.1) is 0 Å². The molecular formula is C20H14Cl2N4O2S2. The van der Waals surface area contributed by atoms with Crippen LogP contribution in [0.2, 0.25) is 10.0 Å². The van der Waals surface area contributed by atoms with Crippen LogP contribution in [0.4, 0.5) is 5.13 Å². The lowest BCUT2D eigenvalue weighted by atomic mass is 10.2. The summed E-state index contributed by atoms with van der Waals surface area (Å²) in [5.74, 6) is 0.289. The van der Waals surface area contributed by atoms with E-state index in [9.17, 15) is 9.59 Å². The Kier molecular flexibility index (Phi) is 6.38. The number of aromatic amines is 1. The highest BCUT2D eigenvalue weighted by atomic mass is 35.5. The zero-order chi connectivity index (χ0) is 21.1. The summed E-state index contributed by atoms with van der Waals surface area (Å²) < 4.78 is 0.881. The van der Waals surface area contributed by atoms with Crippen LogP contribution in [0.1, 0.15) is 11.3 Å². The molecule has 10 heteroatoms. The average molecular weight is 477 g/mol. The lowest BCUT2D eigenvalue weighted by Crippen LogP contribution is -2.18. The predicted molar refractivity (Wildman–Crippen MR) is 123 cm³/mol. The lowest BCUT2D eigenvalue weighted by Gasteiger charge is -2.05. The molecule has 0 spiro atoms. The molecular weight excluding hydrogens is 463 g/mol. The number of thiazole rings is 1. The summed E-state index contributed by atoms with van der Waals surface area (Å²) in [5, 5.41) is 4.93. The standard InChI is InChI=1S/C20H14Cl2N4O2S2/c21-12-3-1-2-11(6-12)10-29-19-23-14(8-17(27)25-19)9-18(28)26-20-24-15-5-4-13(22)7-16(15)30-20/h1-8H,9-10H2,(H,23,25,27)(H,24,26,28). The van der Waals surface area contributed by atoms with Crippen molar-refractivity contribution >= 4 is 67.6 Å². The van der Waals surface area contributed by atoms with Crippen LogP contribution in [0.5, 0.6) is 0 Å². The molecule has 6 nitrogen and oxygen atoms in total. The first-order chi connectivity index (χ1) is 14.4. The molecule has 30 heavy (non-hydrogen) atoms. The highest BCUT2D eigenvalue weighted by molar-refractivity contribution is 7.98. The van der Waals surface area contributed by atoms with Gasteiger partial charge in [-0.25, -0.2) is 9.97 Å². The number of thioether (sulfide) groups is 1. The molecule has 0 fully saturated rings. The highest BCUT2D eigenvalue weighted by Gasteiger charge is 2.11. The van der Waals surface area contributed by atoms with Crippen LogP contribution in [0.25, 0.3) is 10.2 Å². The van der Waals surface area contributed by atoms with Gasteiger partial charge >= 0.3 is 0 Å². The van der Waals surface area contributed by atoms with Gasteiger partial charge in [-0.1, -0.05) is 58.4 Å². The third kappa shape index (κ3) is 5.40. The fourth-order valence-corrected chi connectivity index (χ4v) is 4.91. The Morgan fingerprint density at radius 3 is 2.77 bits per heavy atom. The number of carbonyl (C=O) groups is 1. The number of hydrogen-bond acceptors (Lipinski definition) is 6. The molecule has 2 aromatic heterocycles. The molecule has 0 aliphatic heterocycles. The van der Waals surface area contributed by atoms with Gasteiger partial charge in [-0.2, -0.15) is 0 Å². The van der Waals surface area contributed by atoms with Crippen molar-refractivity contribution in [3.05, 3.63) is 80.2 Å². The van der Waals surface area contributed by atoms with Crippen LogP contribution in [0.15, 0.2) is 58.5 Å². The summed E-state index contributed by atoms with van der Waals surface area (Å²) >= 11 is 14.7. The first-order valence-electron chi connectivity index (χ1n) is 8.78. The van der Waals surface area contributed by atoms with Gasteiger partial charge in [0.05, 0.1) is 22.3 Å². The Balaban J connectivity index is 1.43. The maximum Gasteiger partial charge on any atom is 0.251 e. The molecule has 0 bridgehead atoms. The van der Waals surface area contributed by atoms with E-state index in [1.807, 2.05) is 18.2 Å². The second-order valence-electron chi connectivity index (χ2n) is 6.32. The predicted octanol–water partition coefficient (Wildman–Crippen LogP) is 5.16. The number of benzene rings is 2. The van der Waals surface area contributed by atoms with E-state index in [2.05, 4.69) is 20.3 Å². The minimum Gasteiger partial charge on any atom is -0.302 e. The van der Waals surface area contributed by atoms with E-state index in [1.165, 1.54) is 29.2 Å². The number of fused-ring (bicyclic) bond motifs is 1. The van der Waals surface area contributed by atoms with E-state index in [0.29, 0.717) is 31.8 Å². The molecule has 0 saturated carbocycles. The van der Waals surface area contributed by atoms with Crippen molar-refractivity contribution in [2.45, 2.75) is 17.3 Å². The molecule has 2 heterocycles. The number of anilines is 1. The number of nitrogens with zero attached hydrogens (tertiary/aromatic N) is 2. The van der Waals surface area contributed by atoms with Crippen molar-refractivity contribution in [3.8, 4) is 0 Å². The van der Waals surface area contributed by atoms with Gasteiger partial charge < -0.3 is 10.3 Å². The largest absolute Gasteiger partial charge is 0.302 e. The van der Waals surface area contributed by atoms with Crippen LogP contribution in [-0.4, -0.2) is 20.9 Å². The van der Waals surface area contributed by atoms with Gasteiger partial charge in [0.25, 0.3) is 5.56 Å². The molecule has 152 valence electrons. The molecule has 0 aliphatic carbocycles. The molecule has 0 atom stereocenters. The second-order valence-corrected chi connectivity index (χ2v) is 9.18. The smallest absolute Gasteiger partial charge is 0.251 e. The molecule has 4 aromatic rings. The molecule has 0 aliphatic rings. The first kappa shape index (κ1) is 20.9. The molecule has 2 aromatic carbocycles. The van der Waals surface area contributed by atoms with Crippen LogP contribution in [-0.2, 0) is 17.0 Å². The summed E-state index contributed by atoms with van der Waals surface area (Å²) in [6.07, 6.45) is -0.0364. The van der Waals surface area contributed by atoms with Gasteiger partial charge in [0.15, 0.2) is 10.3 Å². The zero-order valence-electron chi connectivity index (χ0n) is 15.3. The van der Waals surface area contributed by atoms with E-state index in [4.69, 9.17) is 23.2 Å². The number of halogens is 2. The van der Waals surface area contributed by atoms with Gasteiger partial charge in [0.1, 0.15) is 0 Å². The highest BCUT2D eigenvalue weighted by Crippen LogP contribution is 2.28. The normalized spacial score (nSPS) is 11.0. The summed E-state index contributed by atoms with van der Waals surface area (Å²) in [6, 6.07) is 14.1. The van der Waals surface area contributed by atoms with Crippen molar-refractivity contribution in [1.82, 2.24) is 15.0 Å². The van der Waals surface area contributed by atoms with E-state index in [0.717, 1.165) is 15.8 Å². The van der Waals surface area contributed by atoms with Crippen LogP contribution in [0, 0.1) is 0 Å². The number of amides is 1. The van der Waals surface area contributed by atoms with Gasteiger partial charge in [0, 0.05) is 21.9 Å². The summed E-state index contributed by atoms with van der Waals surface area (Å²) in [7, 11) is 0. The lowest BCUT2D eigenvalue weighted by molar-refractivity contribution is -0.115. The van der Waals surface area contributed by atoms with Gasteiger partial charge in [-0.3, -0.25) is 9.59 Å². The Labute approximate surface area is 189 Å². The molecule has 4 rings (SSSR count). The van der Waals surface area contributed by atoms with Crippen LogP contribution < -0.4 is 10.9 Å².